The highest BCUT2D eigenvalue weighted by atomic mass is 16.5. The van der Waals surface area contributed by atoms with Crippen molar-refractivity contribution in [1.29, 1.82) is 0 Å². The average Bonchev–Trinajstić information content (AvgIpc) is 3.12. The average molecular weight is 361 g/mol. The van der Waals surface area contributed by atoms with E-state index >= 15 is 0 Å². The molecule has 8 nitrogen and oxygen atoms in total. The summed E-state index contributed by atoms with van der Waals surface area (Å²) in [6.45, 7) is 3.11. The SMILES string of the molecule is COCCCc1cc(CC(C)C(N)=O)cc(OCCCc2nn[nH]n2)c1. The summed E-state index contributed by atoms with van der Waals surface area (Å²) >= 11 is 0. The van der Waals surface area contributed by atoms with E-state index in [0.717, 1.165) is 30.6 Å². The van der Waals surface area contributed by atoms with Crippen molar-refractivity contribution in [2.75, 3.05) is 20.3 Å². The van der Waals surface area contributed by atoms with Gasteiger partial charge in [-0.25, -0.2) is 0 Å². The summed E-state index contributed by atoms with van der Waals surface area (Å²) in [7, 11) is 1.70. The Morgan fingerprint density at radius 2 is 1.96 bits per heavy atom. The van der Waals surface area contributed by atoms with Crippen LogP contribution in [0.3, 0.4) is 0 Å². The molecular weight excluding hydrogens is 334 g/mol. The molecule has 0 aliphatic carbocycles. The minimum Gasteiger partial charge on any atom is -0.494 e. The molecule has 1 unspecified atom stereocenters. The molecule has 142 valence electrons. The first-order valence-electron chi connectivity index (χ1n) is 8.84. The highest BCUT2D eigenvalue weighted by molar-refractivity contribution is 5.76. The summed E-state index contributed by atoms with van der Waals surface area (Å²) in [5.41, 5.74) is 7.62. The zero-order chi connectivity index (χ0) is 18.8. The third kappa shape index (κ3) is 6.79. The molecule has 0 aliphatic heterocycles. The highest BCUT2D eigenvalue weighted by Crippen LogP contribution is 2.21. The van der Waals surface area contributed by atoms with Crippen molar-refractivity contribution >= 4 is 5.91 Å². The molecule has 1 aromatic carbocycles. The van der Waals surface area contributed by atoms with Gasteiger partial charge in [-0.1, -0.05) is 18.2 Å². The Morgan fingerprint density at radius 3 is 2.65 bits per heavy atom. The normalized spacial score (nSPS) is 12.1. The number of carbonyl (C=O) groups is 1. The van der Waals surface area contributed by atoms with Gasteiger partial charge in [-0.05, 0) is 48.9 Å². The molecule has 26 heavy (non-hydrogen) atoms. The molecule has 8 heteroatoms. The zero-order valence-corrected chi connectivity index (χ0v) is 15.4. The van der Waals surface area contributed by atoms with Gasteiger partial charge in [-0.3, -0.25) is 4.79 Å². The third-order valence-electron chi connectivity index (χ3n) is 4.07. The number of tetrazole rings is 1. The highest BCUT2D eigenvalue weighted by Gasteiger charge is 2.11. The number of nitrogens with one attached hydrogen (secondary N) is 1. The fraction of sp³-hybridized carbons (Fsp3) is 0.556. The molecule has 0 aliphatic rings. The molecule has 1 heterocycles. The lowest BCUT2D eigenvalue weighted by Gasteiger charge is -2.13. The van der Waals surface area contributed by atoms with Gasteiger partial charge in [0.15, 0.2) is 5.82 Å². The van der Waals surface area contributed by atoms with Crippen molar-refractivity contribution in [2.45, 2.75) is 39.0 Å². The number of rotatable bonds is 12. The van der Waals surface area contributed by atoms with E-state index in [1.165, 1.54) is 5.56 Å². The molecule has 3 N–H and O–H groups in total. The van der Waals surface area contributed by atoms with Crippen LogP contribution in [0.2, 0.25) is 0 Å². The Hall–Kier alpha value is -2.48. The predicted octanol–water partition coefficient (Wildman–Crippen LogP) is 1.45. The molecule has 0 fully saturated rings. The van der Waals surface area contributed by atoms with Crippen LogP contribution in [0.4, 0.5) is 0 Å². The van der Waals surface area contributed by atoms with E-state index in [1.807, 2.05) is 19.1 Å². The maximum atomic E-state index is 11.4. The van der Waals surface area contributed by atoms with Crippen molar-refractivity contribution in [1.82, 2.24) is 20.6 Å². The number of benzene rings is 1. The fourth-order valence-electron chi connectivity index (χ4n) is 2.66. The Balaban J connectivity index is 1.97. The van der Waals surface area contributed by atoms with Gasteiger partial charge in [-0.2, -0.15) is 5.21 Å². The van der Waals surface area contributed by atoms with Crippen LogP contribution in [0.25, 0.3) is 0 Å². The molecule has 1 aromatic heterocycles. The second kappa shape index (κ2) is 10.5. The van der Waals surface area contributed by atoms with Crippen LogP contribution in [0, 0.1) is 5.92 Å². The van der Waals surface area contributed by atoms with E-state index in [-0.39, 0.29) is 11.8 Å². The first-order valence-corrected chi connectivity index (χ1v) is 8.84. The van der Waals surface area contributed by atoms with E-state index in [9.17, 15) is 4.79 Å². The molecular formula is C18H27N5O3. The number of aromatic nitrogens is 4. The quantitative estimate of drug-likeness (QED) is 0.553. The summed E-state index contributed by atoms with van der Waals surface area (Å²) in [6.07, 6.45) is 3.93. The van der Waals surface area contributed by atoms with E-state index in [0.29, 0.717) is 31.9 Å². The van der Waals surface area contributed by atoms with Crippen LogP contribution in [0.5, 0.6) is 5.75 Å². The van der Waals surface area contributed by atoms with Crippen molar-refractivity contribution in [3.63, 3.8) is 0 Å². The standard InChI is InChI=1S/C18H27N5O3/c1-13(18(19)24)9-15-10-14(5-3-7-25-2)11-16(12-15)26-8-4-6-17-20-22-23-21-17/h10-13H,3-9H2,1-2H3,(H2,19,24)(H,20,21,22,23). The van der Waals surface area contributed by atoms with Gasteiger partial charge in [0.2, 0.25) is 5.91 Å². The topological polar surface area (TPSA) is 116 Å². The number of carbonyl (C=O) groups excluding carboxylic acids is 1. The minimum absolute atomic E-state index is 0.213. The Kier molecular flexibility index (Phi) is 8.01. The lowest BCUT2D eigenvalue weighted by Crippen LogP contribution is -2.22. The lowest BCUT2D eigenvalue weighted by atomic mass is 9.97. The number of aryl methyl sites for hydroxylation is 2. The van der Waals surface area contributed by atoms with Crippen molar-refractivity contribution in [3.05, 3.63) is 35.2 Å². The second-order valence-corrected chi connectivity index (χ2v) is 6.37. The van der Waals surface area contributed by atoms with Gasteiger partial charge in [0.25, 0.3) is 0 Å². The van der Waals surface area contributed by atoms with Crippen molar-refractivity contribution in [2.24, 2.45) is 11.7 Å². The number of methoxy groups -OCH3 is 1. The van der Waals surface area contributed by atoms with Gasteiger partial charge >= 0.3 is 0 Å². The molecule has 0 saturated carbocycles. The number of ether oxygens (including phenoxy) is 2. The number of nitrogens with zero attached hydrogens (tertiary/aromatic N) is 3. The monoisotopic (exact) mass is 361 g/mol. The summed E-state index contributed by atoms with van der Waals surface area (Å²) in [5.74, 6) is 0.977. The van der Waals surface area contributed by atoms with Crippen LogP contribution in [0.15, 0.2) is 18.2 Å². The number of aromatic amines is 1. The van der Waals surface area contributed by atoms with Gasteiger partial charge in [-0.15, -0.1) is 10.2 Å². The summed E-state index contributed by atoms with van der Waals surface area (Å²) < 4.78 is 11.0. The lowest BCUT2D eigenvalue weighted by molar-refractivity contribution is -0.121. The van der Waals surface area contributed by atoms with Crippen LogP contribution < -0.4 is 10.5 Å². The number of amides is 1. The molecule has 0 radical (unpaired) electrons. The van der Waals surface area contributed by atoms with Crippen molar-refractivity contribution < 1.29 is 14.3 Å². The first kappa shape index (κ1) is 19.8. The molecule has 2 aromatic rings. The van der Waals surface area contributed by atoms with Crippen LogP contribution in [-0.4, -0.2) is 46.9 Å². The molecule has 1 amide bonds. The fourth-order valence-corrected chi connectivity index (χ4v) is 2.66. The van der Waals surface area contributed by atoms with Gasteiger partial charge in [0.1, 0.15) is 5.75 Å². The summed E-state index contributed by atoms with van der Waals surface area (Å²) in [4.78, 5) is 11.4. The number of nitrogens with two attached hydrogens (primary N) is 1. The van der Waals surface area contributed by atoms with E-state index in [4.69, 9.17) is 15.2 Å². The molecule has 0 spiro atoms. The number of hydrogen-bond donors (Lipinski definition) is 2. The Labute approximate surface area is 153 Å². The Morgan fingerprint density at radius 1 is 1.19 bits per heavy atom. The van der Waals surface area contributed by atoms with E-state index in [2.05, 4.69) is 26.7 Å². The summed E-state index contributed by atoms with van der Waals surface area (Å²) in [5, 5.41) is 13.8. The van der Waals surface area contributed by atoms with Gasteiger partial charge in [0.05, 0.1) is 6.61 Å². The largest absolute Gasteiger partial charge is 0.494 e. The molecule has 0 saturated heterocycles. The zero-order valence-electron chi connectivity index (χ0n) is 15.4. The van der Waals surface area contributed by atoms with Crippen LogP contribution >= 0.6 is 0 Å². The van der Waals surface area contributed by atoms with Crippen LogP contribution in [0.1, 0.15) is 36.7 Å². The number of primary amides is 1. The van der Waals surface area contributed by atoms with Gasteiger partial charge in [0, 0.05) is 26.1 Å². The summed E-state index contributed by atoms with van der Waals surface area (Å²) in [6, 6.07) is 6.14. The van der Waals surface area contributed by atoms with Gasteiger partial charge < -0.3 is 15.2 Å². The maximum Gasteiger partial charge on any atom is 0.220 e. The third-order valence-corrected chi connectivity index (χ3v) is 4.07. The first-order chi connectivity index (χ1) is 12.6. The molecule has 1 atom stereocenters. The number of hydrogen-bond acceptors (Lipinski definition) is 6. The van der Waals surface area contributed by atoms with E-state index in [1.54, 1.807) is 7.11 Å². The number of H-pyrrole nitrogens is 1. The maximum absolute atomic E-state index is 11.4. The molecule has 0 bridgehead atoms. The second-order valence-electron chi connectivity index (χ2n) is 6.37. The van der Waals surface area contributed by atoms with E-state index < -0.39 is 0 Å². The predicted molar refractivity (Wildman–Crippen MR) is 96.7 cm³/mol. The minimum atomic E-state index is -0.294. The van der Waals surface area contributed by atoms with Crippen molar-refractivity contribution in [3.8, 4) is 5.75 Å². The van der Waals surface area contributed by atoms with Crippen LogP contribution in [-0.2, 0) is 28.8 Å². The smallest absolute Gasteiger partial charge is 0.220 e. The Bertz CT molecular complexity index is 675. The molecule has 2 rings (SSSR count).